The number of nitrogens with zero attached hydrogens (tertiary/aromatic N) is 1. The molecule has 22 heavy (non-hydrogen) atoms. The Morgan fingerprint density at radius 1 is 1.36 bits per heavy atom. The van der Waals surface area contributed by atoms with E-state index in [1.165, 1.54) is 0 Å². The Labute approximate surface area is 131 Å². The summed E-state index contributed by atoms with van der Waals surface area (Å²) in [6.07, 6.45) is 0. The lowest BCUT2D eigenvalue weighted by molar-refractivity contribution is -0.147. The molecular weight excluding hydrogens is 280 g/mol. The fraction of sp³-hybridized carbons (Fsp3) is 0.529. The van der Waals surface area contributed by atoms with Crippen LogP contribution in [0.4, 0.5) is 0 Å². The quantitative estimate of drug-likeness (QED) is 0.925. The van der Waals surface area contributed by atoms with Crippen molar-refractivity contribution < 1.29 is 14.3 Å². The molecule has 1 unspecified atom stereocenters. The normalized spacial score (nSPS) is 18.6. The van der Waals surface area contributed by atoms with Gasteiger partial charge >= 0.3 is 0 Å². The average Bonchev–Trinajstić information content (AvgIpc) is 2.45. The minimum atomic E-state index is -0.554. The van der Waals surface area contributed by atoms with E-state index in [0.717, 1.165) is 5.56 Å². The van der Waals surface area contributed by atoms with E-state index in [-0.39, 0.29) is 17.4 Å². The number of hydrogen-bond acceptors (Lipinski definition) is 3. The number of nitrogens with one attached hydrogen (secondary N) is 1. The molecule has 1 atom stereocenters. The van der Waals surface area contributed by atoms with E-state index in [9.17, 15) is 9.59 Å². The molecule has 1 aliphatic rings. The van der Waals surface area contributed by atoms with E-state index in [0.29, 0.717) is 25.3 Å². The lowest BCUT2D eigenvalue weighted by atomic mass is 10.1. The van der Waals surface area contributed by atoms with Crippen LogP contribution in [-0.4, -0.2) is 48.1 Å². The van der Waals surface area contributed by atoms with E-state index < -0.39 is 6.04 Å². The van der Waals surface area contributed by atoms with Crippen molar-refractivity contribution in [3.8, 4) is 0 Å². The molecule has 120 valence electrons. The molecule has 1 fully saturated rings. The van der Waals surface area contributed by atoms with Crippen molar-refractivity contribution in [3.63, 3.8) is 0 Å². The number of aryl methyl sites for hydroxylation is 1. The van der Waals surface area contributed by atoms with Crippen LogP contribution in [0.15, 0.2) is 24.3 Å². The maximum Gasteiger partial charge on any atom is 0.251 e. The van der Waals surface area contributed by atoms with Crippen LogP contribution in [0.1, 0.15) is 36.7 Å². The summed E-state index contributed by atoms with van der Waals surface area (Å²) in [6, 6.07) is 6.77. The van der Waals surface area contributed by atoms with Crippen LogP contribution < -0.4 is 5.32 Å². The molecule has 0 bridgehead atoms. The van der Waals surface area contributed by atoms with Crippen molar-refractivity contribution >= 4 is 11.8 Å². The SMILES string of the molecule is Cc1cccc(C(=O)NC(C)C(=O)N2CCOC(C)(C)C2)c1. The Kier molecular flexibility index (Phi) is 4.86. The monoisotopic (exact) mass is 304 g/mol. The van der Waals surface area contributed by atoms with E-state index >= 15 is 0 Å². The number of rotatable bonds is 3. The molecule has 1 aliphatic heterocycles. The van der Waals surface area contributed by atoms with Crippen molar-refractivity contribution in [3.05, 3.63) is 35.4 Å². The number of ether oxygens (including phenoxy) is 1. The minimum absolute atomic E-state index is 0.0719. The van der Waals surface area contributed by atoms with Crippen molar-refractivity contribution in [2.24, 2.45) is 0 Å². The molecule has 1 saturated heterocycles. The Morgan fingerprint density at radius 3 is 2.73 bits per heavy atom. The first-order valence-corrected chi connectivity index (χ1v) is 7.59. The number of carbonyl (C=O) groups excluding carboxylic acids is 2. The fourth-order valence-electron chi connectivity index (χ4n) is 2.61. The molecule has 0 spiro atoms. The number of hydrogen-bond donors (Lipinski definition) is 1. The van der Waals surface area contributed by atoms with Crippen LogP contribution in [0, 0.1) is 6.92 Å². The van der Waals surface area contributed by atoms with E-state index in [2.05, 4.69) is 5.32 Å². The second-order valence-electron chi connectivity index (χ2n) is 6.43. The molecule has 1 aromatic rings. The lowest BCUT2D eigenvalue weighted by Gasteiger charge is -2.39. The molecule has 2 amide bonds. The molecule has 1 N–H and O–H groups in total. The molecule has 0 saturated carbocycles. The van der Waals surface area contributed by atoms with Crippen LogP contribution >= 0.6 is 0 Å². The van der Waals surface area contributed by atoms with Gasteiger partial charge < -0.3 is 15.0 Å². The Balaban J connectivity index is 1.98. The van der Waals surface area contributed by atoms with Crippen molar-refractivity contribution in [2.75, 3.05) is 19.7 Å². The fourth-order valence-corrected chi connectivity index (χ4v) is 2.61. The Bertz CT molecular complexity index is 569. The second-order valence-corrected chi connectivity index (χ2v) is 6.43. The van der Waals surface area contributed by atoms with Gasteiger partial charge in [0.25, 0.3) is 5.91 Å². The maximum absolute atomic E-state index is 12.5. The van der Waals surface area contributed by atoms with Gasteiger partial charge in [-0.15, -0.1) is 0 Å². The third-order valence-electron chi connectivity index (χ3n) is 3.74. The highest BCUT2D eigenvalue weighted by Gasteiger charge is 2.32. The van der Waals surface area contributed by atoms with Crippen molar-refractivity contribution in [1.29, 1.82) is 0 Å². The van der Waals surface area contributed by atoms with Gasteiger partial charge in [-0.25, -0.2) is 0 Å². The van der Waals surface area contributed by atoms with E-state index in [1.54, 1.807) is 17.9 Å². The third-order valence-corrected chi connectivity index (χ3v) is 3.74. The number of carbonyl (C=O) groups is 2. The predicted molar refractivity (Wildman–Crippen MR) is 84.7 cm³/mol. The molecule has 5 nitrogen and oxygen atoms in total. The van der Waals surface area contributed by atoms with Crippen LogP contribution in [0.3, 0.4) is 0 Å². The summed E-state index contributed by atoms with van der Waals surface area (Å²) in [7, 11) is 0. The van der Waals surface area contributed by atoms with Gasteiger partial charge in [-0.2, -0.15) is 0 Å². The van der Waals surface area contributed by atoms with Gasteiger partial charge in [0, 0.05) is 18.7 Å². The molecular formula is C17H24N2O3. The van der Waals surface area contributed by atoms with Gasteiger partial charge in [-0.1, -0.05) is 17.7 Å². The maximum atomic E-state index is 12.5. The third kappa shape index (κ3) is 4.07. The van der Waals surface area contributed by atoms with E-state index in [1.807, 2.05) is 39.0 Å². The van der Waals surface area contributed by atoms with Gasteiger partial charge in [0.1, 0.15) is 6.04 Å². The molecule has 5 heteroatoms. The summed E-state index contributed by atoms with van der Waals surface area (Å²) in [5.41, 5.74) is 1.25. The number of amides is 2. The first kappa shape index (κ1) is 16.5. The Hall–Kier alpha value is -1.88. The summed E-state index contributed by atoms with van der Waals surface area (Å²) in [5, 5.41) is 2.78. The zero-order chi connectivity index (χ0) is 16.3. The summed E-state index contributed by atoms with van der Waals surface area (Å²) in [5.74, 6) is -0.297. The lowest BCUT2D eigenvalue weighted by Crippen LogP contribution is -2.55. The minimum Gasteiger partial charge on any atom is -0.372 e. The van der Waals surface area contributed by atoms with Crippen LogP contribution in [0.25, 0.3) is 0 Å². The smallest absolute Gasteiger partial charge is 0.251 e. The first-order valence-electron chi connectivity index (χ1n) is 7.59. The predicted octanol–water partition coefficient (Wildman–Crippen LogP) is 1.75. The second kappa shape index (κ2) is 6.48. The number of morpholine rings is 1. The summed E-state index contributed by atoms with van der Waals surface area (Å²) in [6.45, 7) is 9.20. The van der Waals surface area contributed by atoms with Crippen molar-refractivity contribution in [2.45, 2.75) is 39.3 Å². The molecule has 1 aromatic carbocycles. The standard InChI is InChI=1S/C17H24N2O3/c1-12-6-5-7-14(10-12)15(20)18-13(2)16(21)19-8-9-22-17(3,4)11-19/h5-7,10,13H,8-9,11H2,1-4H3,(H,18,20). The summed E-state index contributed by atoms with van der Waals surface area (Å²) < 4.78 is 5.61. The first-order chi connectivity index (χ1) is 10.3. The van der Waals surface area contributed by atoms with Crippen LogP contribution in [0.5, 0.6) is 0 Å². The van der Waals surface area contributed by atoms with Gasteiger partial charge in [0.05, 0.1) is 12.2 Å². The molecule has 2 rings (SSSR count). The zero-order valence-corrected chi connectivity index (χ0v) is 13.7. The van der Waals surface area contributed by atoms with Gasteiger partial charge in [0.15, 0.2) is 0 Å². The average molecular weight is 304 g/mol. The van der Waals surface area contributed by atoms with Gasteiger partial charge in [-0.3, -0.25) is 9.59 Å². The van der Waals surface area contributed by atoms with Gasteiger partial charge in [0.2, 0.25) is 5.91 Å². The highest BCUT2D eigenvalue weighted by molar-refractivity contribution is 5.97. The Morgan fingerprint density at radius 2 is 2.09 bits per heavy atom. The van der Waals surface area contributed by atoms with Crippen molar-refractivity contribution in [1.82, 2.24) is 10.2 Å². The van der Waals surface area contributed by atoms with Crippen LogP contribution in [0.2, 0.25) is 0 Å². The molecule has 0 aromatic heterocycles. The number of benzene rings is 1. The highest BCUT2D eigenvalue weighted by atomic mass is 16.5. The zero-order valence-electron chi connectivity index (χ0n) is 13.7. The molecule has 0 aliphatic carbocycles. The molecule has 0 radical (unpaired) electrons. The molecule has 1 heterocycles. The largest absolute Gasteiger partial charge is 0.372 e. The van der Waals surface area contributed by atoms with Crippen LogP contribution in [-0.2, 0) is 9.53 Å². The summed E-state index contributed by atoms with van der Waals surface area (Å²) in [4.78, 5) is 26.4. The summed E-state index contributed by atoms with van der Waals surface area (Å²) >= 11 is 0. The van der Waals surface area contributed by atoms with Gasteiger partial charge in [-0.05, 0) is 39.8 Å². The van der Waals surface area contributed by atoms with E-state index in [4.69, 9.17) is 4.74 Å². The topological polar surface area (TPSA) is 58.6 Å². The highest BCUT2D eigenvalue weighted by Crippen LogP contribution is 2.17.